The molecule has 0 saturated carbocycles. The van der Waals surface area contributed by atoms with Crippen LogP contribution in [0.5, 0.6) is 0 Å². The fraction of sp³-hybridized carbons (Fsp3) is 0.524. The summed E-state index contributed by atoms with van der Waals surface area (Å²) in [5.41, 5.74) is 2.44. The van der Waals surface area contributed by atoms with Crippen LogP contribution in [-0.2, 0) is 14.4 Å². The van der Waals surface area contributed by atoms with Crippen LogP contribution in [0.15, 0.2) is 24.3 Å². The molecule has 0 aliphatic rings. The van der Waals surface area contributed by atoms with Crippen molar-refractivity contribution in [3.05, 3.63) is 29.8 Å². The summed E-state index contributed by atoms with van der Waals surface area (Å²) in [5.74, 6) is -1.98. The van der Waals surface area contributed by atoms with E-state index in [1.165, 1.54) is 12.1 Å². The molecular formula is C21H31N3O6. The molecule has 0 aliphatic carbocycles. The van der Waals surface area contributed by atoms with Gasteiger partial charge in [0.15, 0.2) is 0 Å². The Labute approximate surface area is 176 Å². The van der Waals surface area contributed by atoms with Crippen molar-refractivity contribution in [3.8, 4) is 0 Å². The van der Waals surface area contributed by atoms with Crippen molar-refractivity contribution in [1.82, 2.24) is 10.8 Å². The number of carboxylic acids is 1. The molecule has 0 aromatic heterocycles. The first-order valence-corrected chi connectivity index (χ1v) is 10.1. The zero-order valence-electron chi connectivity index (χ0n) is 17.4. The standard InChI is InChI=1S/C21H31N3O6/c1-14(2)13-17(21(28)29)23-20(27)15-9-11-16(12-10-15)22-18(25)7-5-3-4-6-8-19(26)24-30/h9-12,14,17,30H,3-8,13H2,1-2H3,(H,22,25)(H,23,27)(H,24,26)(H,28,29)/t17-/m0/s1. The maximum atomic E-state index is 12.3. The molecule has 166 valence electrons. The number of benzene rings is 1. The average Bonchev–Trinajstić information content (AvgIpc) is 2.69. The minimum Gasteiger partial charge on any atom is -0.480 e. The van der Waals surface area contributed by atoms with E-state index in [2.05, 4.69) is 10.6 Å². The monoisotopic (exact) mass is 421 g/mol. The predicted molar refractivity (Wildman–Crippen MR) is 111 cm³/mol. The molecule has 3 amide bonds. The highest BCUT2D eigenvalue weighted by atomic mass is 16.5. The Morgan fingerprint density at radius 2 is 1.47 bits per heavy atom. The van der Waals surface area contributed by atoms with Gasteiger partial charge >= 0.3 is 5.97 Å². The minimum absolute atomic E-state index is 0.129. The molecule has 9 nitrogen and oxygen atoms in total. The van der Waals surface area contributed by atoms with Crippen LogP contribution in [-0.4, -0.2) is 40.0 Å². The third kappa shape index (κ3) is 10.0. The van der Waals surface area contributed by atoms with Gasteiger partial charge in [0.2, 0.25) is 11.8 Å². The Bertz CT molecular complexity index is 718. The molecule has 0 saturated heterocycles. The lowest BCUT2D eigenvalue weighted by molar-refractivity contribution is -0.139. The van der Waals surface area contributed by atoms with Crippen LogP contribution < -0.4 is 16.1 Å². The first-order valence-electron chi connectivity index (χ1n) is 10.1. The summed E-state index contributed by atoms with van der Waals surface area (Å²) >= 11 is 0. The molecule has 1 aromatic rings. The Hall–Kier alpha value is -2.94. The Balaban J connectivity index is 2.41. The Morgan fingerprint density at radius 3 is 1.97 bits per heavy atom. The summed E-state index contributed by atoms with van der Waals surface area (Å²) in [6.07, 6.45) is 3.85. The van der Waals surface area contributed by atoms with E-state index >= 15 is 0 Å². The second-order valence-electron chi connectivity index (χ2n) is 7.57. The Morgan fingerprint density at radius 1 is 0.900 bits per heavy atom. The van der Waals surface area contributed by atoms with Gasteiger partial charge in [-0.3, -0.25) is 19.6 Å². The number of unbranched alkanes of at least 4 members (excludes halogenated alkanes) is 3. The first-order chi connectivity index (χ1) is 14.2. The number of anilines is 1. The molecule has 1 atom stereocenters. The SMILES string of the molecule is CC(C)C[C@H](NC(=O)c1ccc(NC(=O)CCCCCCC(=O)NO)cc1)C(=O)O. The zero-order chi connectivity index (χ0) is 22.5. The van der Waals surface area contributed by atoms with Gasteiger partial charge in [-0.15, -0.1) is 0 Å². The molecule has 0 bridgehead atoms. The highest BCUT2D eigenvalue weighted by Crippen LogP contribution is 2.13. The Kier molecular flexibility index (Phi) is 11.1. The van der Waals surface area contributed by atoms with Crippen molar-refractivity contribution in [2.24, 2.45) is 5.92 Å². The molecule has 0 aliphatic heterocycles. The van der Waals surface area contributed by atoms with E-state index < -0.39 is 23.8 Å². The first kappa shape index (κ1) is 25.1. The van der Waals surface area contributed by atoms with Crippen LogP contribution in [0.1, 0.15) is 69.2 Å². The molecule has 0 unspecified atom stereocenters. The summed E-state index contributed by atoms with van der Waals surface area (Å²) in [7, 11) is 0. The van der Waals surface area contributed by atoms with E-state index in [0.29, 0.717) is 36.9 Å². The van der Waals surface area contributed by atoms with Crippen LogP contribution in [0, 0.1) is 5.92 Å². The highest BCUT2D eigenvalue weighted by Gasteiger charge is 2.21. The fourth-order valence-corrected chi connectivity index (χ4v) is 2.84. The summed E-state index contributed by atoms with van der Waals surface area (Å²) < 4.78 is 0. The number of rotatable bonds is 13. The molecular weight excluding hydrogens is 390 g/mol. The average molecular weight is 421 g/mol. The van der Waals surface area contributed by atoms with Gasteiger partial charge in [0.25, 0.3) is 5.91 Å². The van der Waals surface area contributed by atoms with E-state index in [0.717, 1.165) is 12.8 Å². The number of carboxylic acid groups (broad SMARTS) is 1. The second-order valence-corrected chi connectivity index (χ2v) is 7.57. The number of carbonyl (C=O) groups is 4. The van der Waals surface area contributed by atoms with E-state index in [9.17, 15) is 24.3 Å². The minimum atomic E-state index is -1.07. The van der Waals surface area contributed by atoms with Gasteiger partial charge in [-0.2, -0.15) is 0 Å². The third-order valence-electron chi connectivity index (χ3n) is 4.42. The quantitative estimate of drug-likeness (QED) is 0.188. The van der Waals surface area contributed by atoms with Crippen LogP contribution in [0.3, 0.4) is 0 Å². The lowest BCUT2D eigenvalue weighted by Gasteiger charge is -2.16. The van der Waals surface area contributed by atoms with Gasteiger partial charge in [0.05, 0.1) is 0 Å². The van der Waals surface area contributed by atoms with Crippen molar-refractivity contribution in [2.75, 3.05) is 5.32 Å². The lowest BCUT2D eigenvalue weighted by atomic mass is 10.0. The molecule has 0 fully saturated rings. The summed E-state index contributed by atoms with van der Waals surface area (Å²) in [4.78, 5) is 46.4. The van der Waals surface area contributed by atoms with Gasteiger partial charge in [-0.05, 0) is 49.4 Å². The highest BCUT2D eigenvalue weighted by molar-refractivity contribution is 5.97. The summed E-state index contributed by atoms with van der Waals surface area (Å²) in [6, 6.07) is 5.31. The largest absolute Gasteiger partial charge is 0.480 e. The molecule has 0 spiro atoms. The van der Waals surface area contributed by atoms with Gasteiger partial charge in [-0.1, -0.05) is 26.7 Å². The molecule has 5 N–H and O–H groups in total. The molecule has 0 heterocycles. The molecule has 30 heavy (non-hydrogen) atoms. The maximum Gasteiger partial charge on any atom is 0.326 e. The van der Waals surface area contributed by atoms with Crippen LogP contribution in [0.25, 0.3) is 0 Å². The third-order valence-corrected chi connectivity index (χ3v) is 4.42. The normalized spacial score (nSPS) is 11.6. The molecule has 9 heteroatoms. The molecule has 0 radical (unpaired) electrons. The van der Waals surface area contributed by atoms with Crippen LogP contribution >= 0.6 is 0 Å². The van der Waals surface area contributed by atoms with Crippen molar-refractivity contribution < 1.29 is 29.5 Å². The van der Waals surface area contributed by atoms with Crippen molar-refractivity contribution in [1.29, 1.82) is 0 Å². The number of amides is 3. The van der Waals surface area contributed by atoms with Gasteiger partial charge in [-0.25, -0.2) is 10.3 Å². The van der Waals surface area contributed by atoms with E-state index in [1.54, 1.807) is 17.6 Å². The number of hydrogen-bond donors (Lipinski definition) is 5. The number of nitrogens with one attached hydrogen (secondary N) is 3. The topological polar surface area (TPSA) is 145 Å². The van der Waals surface area contributed by atoms with E-state index in [4.69, 9.17) is 5.21 Å². The smallest absolute Gasteiger partial charge is 0.326 e. The van der Waals surface area contributed by atoms with Gasteiger partial charge in [0.1, 0.15) is 6.04 Å². The number of aliphatic carboxylic acids is 1. The predicted octanol–water partition coefficient (Wildman–Crippen LogP) is 2.70. The van der Waals surface area contributed by atoms with Crippen molar-refractivity contribution in [3.63, 3.8) is 0 Å². The zero-order valence-corrected chi connectivity index (χ0v) is 17.4. The van der Waals surface area contributed by atoms with E-state index in [-0.39, 0.29) is 18.2 Å². The number of hydroxylamine groups is 1. The van der Waals surface area contributed by atoms with Gasteiger partial charge in [0, 0.05) is 24.1 Å². The number of carbonyl (C=O) groups excluding carboxylic acids is 3. The number of hydrogen-bond acceptors (Lipinski definition) is 5. The van der Waals surface area contributed by atoms with Crippen LogP contribution in [0.2, 0.25) is 0 Å². The summed E-state index contributed by atoms with van der Waals surface area (Å²) in [5, 5.41) is 22.9. The van der Waals surface area contributed by atoms with Crippen molar-refractivity contribution >= 4 is 29.4 Å². The van der Waals surface area contributed by atoms with Gasteiger partial charge < -0.3 is 15.7 Å². The molecule has 1 aromatic carbocycles. The second kappa shape index (κ2) is 13.3. The molecule has 1 rings (SSSR count). The fourth-order valence-electron chi connectivity index (χ4n) is 2.84. The summed E-state index contributed by atoms with van der Waals surface area (Å²) in [6.45, 7) is 3.77. The van der Waals surface area contributed by atoms with Crippen molar-refractivity contribution in [2.45, 2.75) is 64.8 Å². The lowest BCUT2D eigenvalue weighted by Crippen LogP contribution is -2.41. The van der Waals surface area contributed by atoms with E-state index in [1.807, 2.05) is 13.8 Å². The maximum absolute atomic E-state index is 12.3. The van der Waals surface area contributed by atoms with Crippen LogP contribution in [0.4, 0.5) is 5.69 Å².